The number of carbonyl (C=O) groups excluding carboxylic acids is 1. The number of amides is 1. The number of rotatable bonds is 7. The molecule has 0 bridgehead atoms. The number of aromatic amines is 1. The third-order valence-electron chi connectivity index (χ3n) is 2.87. The third kappa shape index (κ3) is 4.36. The first-order valence-corrected chi connectivity index (χ1v) is 6.16. The summed E-state index contributed by atoms with van der Waals surface area (Å²) in [4.78, 5) is 29.7. The van der Waals surface area contributed by atoms with Crippen molar-refractivity contribution in [2.45, 2.75) is 44.7 Å². The van der Waals surface area contributed by atoms with E-state index >= 15 is 0 Å². The third-order valence-corrected chi connectivity index (χ3v) is 2.87. The molecule has 106 valence electrons. The summed E-state index contributed by atoms with van der Waals surface area (Å²) in [6.45, 7) is 3.51. The van der Waals surface area contributed by atoms with E-state index in [-0.39, 0.29) is 6.42 Å². The Labute approximate surface area is 111 Å². The highest BCUT2D eigenvalue weighted by atomic mass is 16.4. The van der Waals surface area contributed by atoms with E-state index in [2.05, 4.69) is 15.3 Å². The van der Waals surface area contributed by atoms with Crippen LogP contribution in [0.5, 0.6) is 0 Å². The second-order valence-electron chi connectivity index (χ2n) is 4.81. The van der Waals surface area contributed by atoms with Crippen LogP contribution in [0.4, 0.5) is 0 Å². The number of carbonyl (C=O) groups is 2. The van der Waals surface area contributed by atoms with Crippen molar-refractivity contribution in [2.75, 3.05) is 0 Å². The number of nitrogens with one attached hydrogen (secondary N) is 2. The molecule has 5 N–H and O–H groups in total. The summed E-state index contributed by atoms with van der Waals surface area (Å²) in [5.74, 6) is -1.56. The lowest BCUT2D eigenvalue weighted by Gasteiger charge is -2.25. The van der Waals surface area contributed by atoms with Crippen LogP contribution in [0.25, 0.3) is 0 Å². The maximum absolute atomic E-state index is 12.0. The Morgan fingerprint density at radius 1 is 1.63 bits per heavy atom. The molecule has 0 aliphatic heterocycles. The monoisotopic (exact) mass is 268 g/mol. The van der Waals surface area contributed by atoms with Gasteiger partial charge in [0.25, 0.3) is 0 Å². The molecule has 2 atom stereocenters. The number of nitrogens with zero attached hydrogens (tertiary/aromatic N) is 1. The molecule has 7 heteroatoms. The van der Waals surface area contributed by atoms with E-state index in [1.54, 1.807) is 6.92 Å². The van der Waals surface area contributed by atoms with Gasteiger partial charge in [-0.3, -0.25) is 4.79 Å². The number of H-pyrrole nitrogens is 1. The van der Waals surface area contributed by atoms with E-state index in [0.717, 1.165) is 6.42 Å². The molecule has 1 aromatic rings. The van der Waals surface area contributed by atoms with Gasteiger partial charge in [0.2, 0.25) is 5.91 Å². The van der Waals surface area contributed by atoms with Crippen molar-refractivity contribution in [3.05, 3.63) is 18.2 Å². The summed E-state index contributed by atoms with van der Waals surface area (Å²) >= 11 is 0. The van der Waals surface area contributed by atoms with Gasteiger partial charge in [0.05, 0.1) is 11.9 Å². The molecule has 0 aromatic carbocycles. The molecule has 7 nitrogen and oxygen atoms in total. The summed E-state index contributed by atoms with van der Waals surface area (Å²) in [5.41, 5.74) is 5.45. The Balaban J connectivity index is 2.69. The fraction of sp³-hybridized carbons (Fsp3) is 0.583. The number of imidazole rings is 1. The largest absolute Gasteiger partial charge is 0.480 e. The summed E-state index contributed by atoms with van der Waals surface area (Å²) in [6, 6.07) is -1.02. The summed E-state index contributed by atoms with van der Waals surface area (Å²) < 4.78 is 0. The Morgan fingerprint density at radius 3 is 2.79 bits per heavy atom. The summed E-state index contributed by atoms with van der Waals surface area (Å²) in [6.07, 6.45) is 4.37. The number of nitrogens with two attached hydrogens (primary N) is 1. The minimum Gasteiger partial charge on any atom is -0.480 e. The lowest BCUT2D eigenvalue weighted by Crippen LogP contribution is -2.56. The molecule has 2 unspecified atom stereocenters. The molecular formula is C12H20N4O3. The number of aromatic nitrogens is 2. The topological polar surface area (TPSA) is 121 Å². The van der Waals surface area contributed by atoms with Crippen molar-refractivity contribution in [1.29, 1.82) is 0 Å². The van der Waals surface area contributed by atoms with Crippen LogP contribution in [0.1, 0.15) is 32.4 Å². The number of hydrogen-bond donors (Lipinski definition) is 4. The zero-order valence-corrected chi connectivity index (χ0v) is 11.1. The molecule has 0 saturated heterocycles. The van der Waals surface area contributed by atoms with Gasteiger partial charge in [-0.25, -0.2) is 9.78 Å². The minimum atomic E-state index is -1.10. The van der Waals surface area contributed by atoms with Gasteiger partial charge >= 0.3 is 5.97 Å². The van der Waals surface area contributed by atoms with E-state index in [9.17, 15) is 9.59 Å². The Morgan fingerprint density at radius 2 is 2.32 bits per heavy atom. The van der Waals surface area contributed by atoms with Crippen LogP contribution in [0.2, 0.25) is 0 Å². The zero-order valence-electron chi connectivity index (χ0n) is 11.1. The fourth-order valence-corrected chi connectivity index (χ4v) is 1.77. The van der Waals surface area contributed by atoms with Crippen molar-refractivity contribution in [1.82, 2.24) is 15.3 Å². The number of hydrogen-bond acceptors (Lipinski definition) is 4. The number of aliphatic carboxylic acids is 1. The van der Waals surface area contributed by atoms with Gasteiger partial charge in [-0.2, -0.15) is 0 Å². The number of carboxylic acids is 1. The molecule has 0 spiro atoms. The molecule has 1 aromatic heterocycles. The van der Waals surface area contributed by atoms with Gasteiger partial charge in [-0.05, 0) is 13.3 Å². The SMILES string of the molecule is CCCC(C)(N)C(=O)NC(Cc1cnc[nH]1)C(=O)O. The zero-order chi connectivity index (χ0) is 14.5. The lowest BCUT2D eigenvalue weighted by atomic mass is 9.96. The van der Waals surface area contributed by atoms with Gasteiger partial charge in [0.15, 0.2) is 0 Å². The predicted molar refractivity (Wildman–Crippen MR) is 69.4 cm³/mol. The summed E-state index contributed by atoms with van der Waals surface area (Å²) in [7, 11) is 0. The average Bonchev–Trinajstić information content (AvgIpc) is 2.80. The van der Waals surface area contributed by atoms with Crippen LogP contribution in [0.15, 0.2) is 12.5 Å². The minimum absolute atomic E-state index is 0.142. The van der Waals surface area contributed by atoms with Crippen molar-refractivity contribution in [2.24, 2.45) is 5.73 Å². The molecule has 0 saturated carbocycles. The van der Waals surface area contributed by atoms with Gasteiger partial charge in [-0.1, -0.05) is 13.3 Å². The maximum atomic E-state index is 12.0. The van der Waals surface area contributed by atoms with Crippen LogP contribution >= 0.6 is 0 Å². The molecule has 0 radical (unpaired) electrons. The molecule has 1 amide bonds. The molecule has 0 fully saturated rings. The van der Waals surface area contributed by atoms with Crippen LogP contribution in [-0.4, -0.2) is 38.5 Å². The first kappa shape index (κ1) is 15.2. The molecule has 1 rings (SSSR count). The van der Waals surface area contributed by atoms with Crippen LogP contribution in [-0.2, 0) is 16.0 Å². The van der Waals surface area contributed by atoms with Crippen LogP contribution < -0.4 is 11.1 Å². The highest BCUT2D eigenvalue weighted by Crippen LogP contribution is 2.09. The lowest BCUT2D eigenvalue weighted by molar-refractivity contribution is -0.142. The molecule has 19 heavy (non-hydrogen) atoms. The van der Waals surface area contributed by atoms with E-state index in [1.165, 1.54) is 12.5 Å². The first-order valence-electron chi connectivity index (χ1n) is 6.16. The average molecular weight is 268 g/mol. The van der Waals surface area contributed by atoms with Crippen LogP contribution in [0, 0.1) is 0 Å². The normalized spacial score (nSPS) is 15.5. The molecular weight excluding hydrogens is 248 g/mol. The van der Waals surface area contributed by atoms with Gasteiger partial charge in [0.1, 0.15) is 6.04 Å². The Hall–Kier alpha value is -1.89. The van der Waals surface area contributed by atoms with Crippen molar-refractivity contribution in [3.8, 4) is 0 Å². The first-order chi connectivity index (χ1) is 8.86. The van der Waals surface area contributed by atoms with Crippen molar-refractivity contribution in [3.63, 3.8) is 0 Å². The second-order valence-corrected chi connectivity index (χ2v) is 4.81. The molecule has 0 aliphatic carbocycles. The van der Waals surface area contributed by atoms with E-state index in [1.807, 2.05) is 6.92 Å². The summed E-state index contributed by atoms with van der Waals surface area (Å²) in [5, 5.41) is 11.6. The van der Waals surface area contributed by atoms with Gasteiger partial charge < -0.3 is 21.1 Å². The van der Waals surface area contributed by atoms with Crippen molar-refractivity contribution < 1.29 is 14.7 Å². The second kappa shape index (κ2) is 6.33. The van der Waals surface area contributed by atoms with E-state index < -0.39 is 23.5 Å². The molecule has 0 aliphatic rings. The molecule has 1 heterocycles. The Bertz CT molecular complexity index is 428. The maximum Gasteiger partial charge on any atom is 0.326 e. The Kier molecular flexibility index (Phi) is 5.05. The van der Waals surface area contributed by atoms with E-state index in [4.69, 9.17) is 10.8 Å². The highest BCUT2D eigenvalue weighted by molar-refractivity contribution is 5.89. The fourth-order valence-electron chi connectivity index (χ4n) is 1.77. The van der Waals surface area contributed by atoms with E-state index in [0.29, 0.717) is 12.1 Å². The smallest absolute Gasteiger partial charge is 0.326 e. The van der Waals surface area contributed by atoms with Gasteiger partial charge in [-0.15, -0.1) is 0 Å². The predicted octanol–water partition coefficient (Wildman–Crippen LogP) is 0.0391. The quantitative estimate of drug-likeness (QED) is 0.556. The van der Waals surface area contributed by atoms with Gasteiger partial charge in [0, 0.05) is 18.3 Å². The van der Waals surface area contributed by atoms with Crippen molar-refractivity contribution >= 4 is 11.9 Å². The standard InChI is InChI=1S/C12H20N4O3/c1-3-4-12(2,13)11(19)16-9(10(17)18)5-8-6-14-7-15-8/h6-7,9H,3-5,13H2,1-2H3,(H,14,15)(H,16,19)(H,17,18). The highest BCUT2D eigenvalue weighted by Gasteiger charge is 2.31. The number of carboxylic acid groups (broad SMARTS) is 1. The van der Waals surface area contributed by atoms with Crippen LogP contribution in [0.3, 0.4) is 0 Å².